The molecule has 4 nitrogen and oxygen atoms in total. The first-order valence-electron chi connectivity index (χ1n) is 6.87. The lowest BCUT2D eigenvalue weighted by molar-refractivity contribution is -0.127. The Morgan fingerprint density at radius 3 is 2.21 bits per heavy atom. The molecular formula is C14H29N3OS. The molecule has 0 heterocycles. The van der Waals surface area contributed by atoms with Gasteiger partial charge in [0.25, 0.3) is 0 Å². The molecule has 0 fully saturated rings. The number of hydrogen-bond donors (Lipinski definition) is 2. The van der Waals surface area contributed by atoms with Crippen LogP contribution in [0.15, 0.2) is 0 Å². The molecule has 1 unspecified atom stereocenters. The molecule has 3 N–H and O–H groups in total. The van der Waals surface area contributed by atoms with Gasteiger partial charge in [-0.15, -0.1) is 0 Å². The van der Waals surface area contributed by atoms with Crippen molar-refractivity contribution in [1.29, 1.82) is 0 Å². The minimum atomic E-state index is -0.210. The molecule has 0 aliphatic heterocycles. The lowest BCUT2D eigenvalue weighted by atomic mass is 10.1. The Bertz CT molecular complexity index is 310. The Labute approximate surface area is 123 Å². The summed E-state index contributed by atoms with van der Waals surface area (Å²) < 4.78 is 0. The molecule has 0 rings (SSSR count). The van der Waals surface area contributed by atoms with Gasteiger partial charge in [0.15, 0.2) is 0 Å². The van der Waals surface area contributed by atoms with Gasteiger partial charge in [-0.1, -0.05) is 26.1 Å². The third kappa shape index (κ3) is 8.94. The predicted molar refractivity (Wildman–Crippen MR) is 85.2 cm³/mol. The zero-order valence-electron chi connectivity index (χ0n) is 13.1. The van der Waals surface area contributed by atoms with Crippen molar-refractivity contribution in [2.45, 2.75) is 59.5 Å². The van der Waals surface area contributed by atoms with Crippen LogP contribution in [0.2, 0.25) is 0 Å². The number of hydrogen-bond acceptors (Lipinski definition) is 3. The van der Waals surface area contributed by atoms with Crippen LogP contribution in [0.3, 0.4) is 0 Å². The molecule has 0 aromatic carbocycles. The summed E-state index contributed by atoms with van der Waals surface area (Å²) in [6.07, 6.45) is 0.648. The van der Waals surface area contributed by atoms with Gasteiger partial charge >= 0.3 is 0 Å². The molecule has 0 aliphatic rings. The van der Waals surface area contributed by atoms with Crippen LogP contribution in [0.1, 0.15) is 48.0 Å². The Morgan fingerprint density at radius 1 is 1.32 bits per heavy atom. The average Bonchev–Trinajstić information content (AvgIpc) is 2.19. The smallest absolute Gasteiger partial charge is 0.237 e. The first-order valence-corrected chi connectivity index (χ1v) is 7.28. The van der Waals surface area contributed by atoms with E-state index in [9.17, 15) is 4.79 Å². The van der Waals surface area contributed by atoms with Crippen molar-refractivity contribution >= 4 is 23.1 Å². The summed E-state index contributed by atoms with van der Waals surface area (Å²) in [6, 6.07) is -0.170. The van der Waals surface area contributed by atoms with Crippen molar-refractivity contribution in [3.8, 4) is 0 Å². The molecule has 0 aromatic rings. The van der Waals surface area contributed by atoms with E-state index in [2.05, 4.69) is 24.1 Å². The van der Waals surface area contributed by atoms with Crippen LogP contribution >= 0.6 is 12.2 Å². The van der Waals surface area contributed by atoms with Crippen LogP contribution in [0.5, 0.6) is 0 Å². The van der Waals surface area contributed by atoms with Gasteiger partial charge in [0.2, 0.25) is 5.91 Å². The van der Waals surface area contributed by atoms with E-state index < -0.39 is 0 Å². The van der Waals surface area contributed by atoms with Crippen LogP contribution in [0.25, 0.3) is 0 Å². The molecule has 0 aromatic heterocycles. The Kier molecular flexibility index (Phi) is 7.52. The van der Waals surface area contributed by atoms with E-state index in [-0.39, 0.29) is 17.5 Å². The highest BCUT2D eigenvalue weighted by atomic mass is 32.1. The Hall–Kier alpha value is -0.680. The molecule has 1 amide bonds. The van der Waals surface area contributed by atoms with Crippen LogP contribution in [-0.4, -0.2) is 40.5 Å². The first kappa shape index (κ1) is 18.3. The molecule has 19 heavy (non-hydrogen) atoms. The lowest BCUT2D eigenvalue weighted by Gasteiger charge is -2.32. The van der Waals surface area contributed by atoms with Crippen molar-refractivity contribution in [1.82, 2.24) is 10.2 Å². The molecule has 0 aliphatic carbocycles. The molecule has 0 spiro atoms. The van der Waals surface area contributed by atoms with Gasteiger partial charge in [-0.2, -0.15) is 0 Å². The SMILES string of the molecule is CC(C)CN(CCC(N)=S)C(C)C(=O)NC(C)(C)C. The molecule has 0 radical (unpaired) electrons. The van der Waals surface area contributed by atoms with Gasteiger partial charge in [0.05, 0.1) is 11.0 Å². The quantitative estimate of drug-likeness (QED) is 0.702. The van der Waals surface area contributed by atoms with E-state index in [1.807, 2.05) is 27.7 Å². The molecule has 112 valence electrons. The van der Waals surface area contributed by atoms with Crippen molar-refractivity contribution in [2.24, 2.45) is 11.7 Å². The minimum Gasteiger partial charge on any atom is -0.393 e. The fraction of sp³-hybridized carbons (Fsp3) is 0.857. The maximum atomic E-state index is 12.2. The molecular weight excluding hydrogens is 258 g/mol. The zero-order chi connectivity index (χ0) is 15.2. The van der Waals surface area contributed by atoms with E-state index in [1.54, 1.807) is 0 Å². The monoisotopic (exact) mass is 287 g/mol. The van der Waals surface area contributed by atoms with Crippen molar-refractivity contribution in [2.75, 3.05) is 13.1 Å². The molecule has 0 saturated heterocycles. The molecule has 5 heteroatoms. The Balaban J connectivity index is 4.64. The summed E-state index contributed by atoms with van der Waals surface area (Å²) in [7, 11) is 0. The van der Waals surface area contributed by atoms with E-state index in [0.717, 1.165) is 13.1 Å². The van der Waals surface area contributed by atoms with Crippen molar-refractivity contribution in [3.63, 3.8) is 0 Å². The summed E-state index contributed by atoms with van der Waals surface area (Å²) in [5.74, 6) is 0.548. The van der Waals surface area contributed by atoms with E-state index in [1.165, 1.54) is 0 Å². The number of carbonyl (C=O) groups excluding carboxylic acids is 1. The lowest BCUT2D eigenvalue weighted by Crippen LogP contribution is -2.52. The topological polar surface area (TPSA) is 58.4 Å². The highest BCUT2D eigenvalue weighted by Crippen LogP contribution is 2.08. The molecule has 0 bridgehead atoms. The first-order chi connectivity index (χ1) is 8.53. The number of nitrogens with two attached hydrogens (primary N) is 1. The van der Waals surface area contributed by atoms with Crippen molar-refractivity contribution < 1.29 is 4.79 Å². The summed E-state index contributed by atoms with van der Waals surface area (Å²) in [4.78, 5) is 14.9. The second-order valence-corrected chi connectivity index (χ2v) is 7.04. The number of amides is 1. The highest BCUT2D eigenvalue weighted by Gasteiger charge is 2.24. The average molecular weight is 287 g/mol. The van der Waals surface area contributed by atoms with E-state index in [0.29, 0.717) is 17.3 Å². The number of rotatable bonds is 7. The fourth-order valence-corrected chi connectivity index (χ4v) is 1.90. The fourth-order valence-electron chi connectivity index (χ4n) is 1.81. The predicted octanol–water partition coefficient (Wildman–Crippen LogP) is 1.92. The Morgan fingerprint density at radius 2 is 1.84 bits per heavy atom. The van der Waals surface area contributed by atoms with Crippen LogP contribution in [-0.2, 0) is 4.79 Å². The third-order valence-corrected chi connectivity index (χ3v) is 2.87. The van der Waals surface area contributed by atoms with Crippen LogP contribution in [0, 0.1) is 5.92 Å². The summed E-state index contributed by atoms with van der Waals surface area (Å²) in [6.45, 7) is 13.8. The molecule has 0 saturated carbocycles. The van der Waals surface area contributed by atoms with Gasteiger partial charge in [0, 0.05) is 25.0 Å². The summed E-state index contributed by atoms with van der Waals surface area (Å²) in [5.41, 5.74) is 5.34. The van der Waals surface area contributed by atoms with Gasteiger partial charge in [-0.05, 0) is 33.6 Å². The van der Waals surface area contributed by atoms with Gasteiger partial charge in [-0.3, -0.25) is 9.69 Å². The molecule has 1 atom stereocenters. The second kappa shape index (κ2) is 7.80. The summed E-state index contributed by atoms with van der Waals surface area (Å²) >= 11 is 4.92. The largest absolute Gasteiger partial charge is 0.393 e. The highest BCUT2D eigenvalue weighted by molar-refractivity contribution is 7.80. The van der Waals surface area contributed by atoms with Gasteiger partial charge in [0.1, 0.15) is 0 Å². The number of carbonyl (C=O) groups is 1. The summed E-state index contributed by atoms with van der Waals surface area (Å²) in [5, 5.41) is 3.02. The van der Waals surface area contributed by atoms with Crippen LogP contribution in [0.4, 0.5) is 0 Å². The van der Waals surface area contributed by atoms with Crippen molar-refractivity contribution in [3.05, 3.63) is 0 Å². The number of thiocarbonyl (C=S) groups is 1. The van der Waals surface area contributed by atoms with Gasteiger partial charge in [-0.25, -0.2) is 0 Å². The van der Waals surface area contributed by atoms with Gasteiger partial charge < -0.3 is 11.1 Å². The maximum Gasteiger partial charge on any atom is 0.237 e. The minimum absolute atomic E-state index is 0.0519. The third-order valence-electron chi connectivity index (χ3n) is 2.67. The van der Waals surface area contributed by atoms with Crippen LogP contribution < -0.4 is 11.1 Å². The second-order valence-electron chi connectivity index (χ2n) is 6.52. The zero-order valence-corrected chi connectivity index (χ0v) is 13.9. The number of nitrogens with one attached hydrogen (secondary N) is 1. The normalized spacial score (nSPS) is 13.7. The van der Waals surface area contributed by atoms with E-state index in [4.69, 9.17) is 18.0 Å². The maximum absolute atomic E-state index is 12.2. The number of nitrogens with zero attached hydrogens (tertiary/aromatic N) is 1. The standard InChI is InChI=1S/C14H29N3OS/c1-10(2)9-17(8-7-12(15)19)11(3)13(18)16-14(4,5)6/h10-11H,7-9H2,1-6H3,(H2,15,19)(H,16,18). The van der Waals surface area contributed by atoms with E-state index >= 15 is 0 Å².